The van der Waals surface area contributed by atoms with E-state index in [0.717, 1.165) is 45.6 Å². The molecular formula is C26H35N3O3S. The summed E-state index contributed by atoms with van der Waals surface area (Å²) in [4.78, 5) is 29.9. The topological polar surface area (TPSA) is 75.7 Å². The molecule has 2 aromatic rings. The van der Waals surface area contributed by atoms with Gasteiger partial charge in [-0.25, -0.2) is 0 Å². The summed E-state index contributed by atoms with van der Waals surface area (Å²) >= 11 is -1.23. The van der Waals surface area contributed by atoms with Crippen molar-refractivity contribution in [3.63, 3.8) is 0 Å². The highest BCUT2D eigenvalue weighted by molar-refractivity contribution is 7.92. The minimum atomic E-state index is -1.23. The molecule has 1 aliphatic rings. The minimum Gasteiger partial charge on any atom is -0.616 e. The van der Waals surface area contributed by atoms with Crippen LogP contribution in [0.25, 0.3) is 0 Å². The Morgan fingerprint density at radius 1 is 1.03 bits per heavy atom. The van der Waals surface area contributed by atoms with Gasteiger partial charge in [-0.2, -0.15) is 0 Å². The van der Waals surface area contributed by atoms with Crippen molar-refractivity contribution in [1.82, 2.24) is 4.90 Å². The van der Waals surface area contributed by atoms with Gasteiger partial charge in [0, 0.05) is 56.0 Å². The number of amides is 1. The number of carbonyl (C=O) groups is 2. The van der Waals surface area contributed by atoms with Crippen molar-refractivity contribution in [3.05, 3.63) is 60.2 Å². The highest BCUT2D eigenvalue weighted by atomic mass is 32.2. The maximum atomic E-state index is 12.7. The number of nitrogens with zero attached hydrogens (tertiary/aromatic N) is 2. The molecule has 6 nitrogen and oxygen atoms in total. The van der Waals surface area contributed by atoms with Crippen molar-refractivity contribution in [1.29, 1.82) is 0 Å². The van der Waals surface area contributed by atoms with Gasteiger partial charge >= 0.3 is 0 Å². The average Bonchev–Trinajstić information content (AvgIpc) is 2.83. The van der Waals surface area contributed by atoms with Gasteiger partial charge in [-0.15, -0.1) is 0 Å². The molecule has 1 fully saturated rings. The van der Waals surface area contributed by atoms with Crippen LogP contribution in [0.3, 0.4) is 0 Å². The van der Waals surface area contributed by atoms with Crippen LogP contribution in [0.4, 0.5) is 11.4 Å². The van der Waals surface area contributed by atoms with Crippen molar-refractivity contribution in [2.45, 2.75) is 37.9 Å². The van der Waals surface area contributed by atoms with E-state index in [0.29, 0.717) is 24.1 Å². The van der Waals surface area contributed by atoms with Crippen molar-refractivity contribution < 1.29 is 14.1 Å². The third-order valence-electron chi connectivity index (χ3n) is 6.14. The van der Waals surface area contributed by atoms with Crippen LogP contribution in [0.1, 0.15) is 43.0 Å². The quantitative estimate of drug-likeness (QED) is 0.306. The molecule has 3 rings (SSSR count). The fraction of sp³-hybridized carbons (Fsp3) is 0.462. The van der Waals surface area contributed by atoms with E-state index in [2.05, 4.69) is 39.4 Å². The Labute approximate surface area is 200 Å². The van der Waals surface area contributed by atoms with Crippen LogP contribution < -0.4 is 10.2 Å². The van der Waals surface area contributed by atoms with Crippen LogP contribution in [0.2, 0.25) is 0 Å². The number of nitrogens with one attached hydrogen (secondary N) is 1. The summed E-state index contributed by atoms with van der Waals surface area (Å²) in [6.45, 7) is 7.02. The van der Waals surface area contributed by atoms with Gasteiger partial charge in [-0.05, 0) is 54.8 Å². The van der Waals surface area contributed by atoms with Crippen molar-refractivity contribution >= 4 is 34.2 Å². The summed E-state index contributed by atoms with van der Waals surface area (Å²) in [5, 5.41) is 2.26. The van der Waals surface area contributed by atoms with Crippen LogP contribution in [0, 0.1) is 0 Å². The Kier molecular flexibility index (Phi) is 9.78. The van der Waals surface area contributed by atoms with E-state index < -0.39 is 16.4 Å². The molecule has 2 unspecified atom stereocenters. The Bertz CT molecular complexity index is 899. The third kappa shape index (κ3) is 7.59. The molecule has 0 aromatic heterocycles. The van der Waals surface area contributed by atoms with Gasteiger partial charge in [0.05, 0.1) is 6.26 Å². The SMILES string of the molecule is CCC(C(=O)Nc1cccc(C(=O)CCCCN2CCN(c3ccccc3)CC2)c1)[S+](C)[O-]. The lowest BCUT2D eigenvalue weighted by Gasteiger charge is -2.36. The average molecular weight is 470 g/mol. The van der Waals surface area contributed by atoms with E-state index in [1.165, 1.54) is 11.9 Å². The lowest BCUT2D eigenvalue weighted by Crippen LogP contribution is -2.46. The Morgan fingerprint density at radius 3 is 2.42 bits per heavy atom. The zero-order valence-corrected chi connectivity index (χ0v) is 20.5. The van der Waals surface area contributed by atoms with Crippen LogP contribution >= 0.6 is 0 Å². The lowest BCUT2D eigenvalue weighted by molar-refractivity contribution is -0.115. The standard InChI is InChI=1S/C26H35N3O3S/c1-3-25(33(2)32)26(31)27-22-11-9-10-21(20-22)24(30)14-7-8-15-28-16-18-29(19-17-28)23-12-5-4-6-13-23/h4-6,9-13,20,25H,3,7-8,14-19H2,1-2H3,(H,27,31). The zero-order valence-electron chi connectivity index (χ0n) is 19.7. The summed E-state index contributed by atoms with van der Waals surface area (Å²) in [6, 6.07) is 17.6. The normalized spacial score (nSPS) is 16.3. The number of benzene rings is 2. The third-order valence-corrected chi connectivity index (χ3v) is 7.49. The molecule has 33 heavy (non-hydrogen) atoms. The molecule has 1 aliphatic heterocycles. The monoisotopic (exact) mass is 469 g/mol. The number of ketones is 1. The molecule has 1 heterocycles. The van der Waals surface area contributed by atoms with E-state index in [9.17, 15) is 14.1 Å². The highest BCUT2D eigenvalue weighted by Gasteiger charge is 2.25. The molecule has 1 amide bonds. The van der Waals surface area contributed by atoms with Gasteiger partial charge in [-0.3, -0.25) is 14.5 Å². The number of unbranched alkanes of at least 4 members (excludes halogenated alkanes) is 1. The van der Waals surface area contributed by atoms with Gasteiger partial charge in [0.2, 0.25) is 0 Å². The van der Waals surface area contributed by atoms with Gasteiger partial charge < -0.3 is 14.8 Å². The Balaban J connectivity index is 1.39. The number of Topliss-reactive ketones (excluding diaryl/α,β-unsaturated/α-hetero) is 1. The van der Waals surface area contributed by atoms with E-state index in [1.54, 1.807) is 24.3 Å². The second-order valence-corrected chi connectivity index (χ2v) is 10.1. The van der Waals surface area contributed by atoms with Gasteiger partial charge in [-0.1, -0.05) is 37.3 Å². The summed E-state index contributed by atoms with van der Waals surface area (Å²) in [5.74, 6) is -0.179. The first-order valence-corrected chi connectivity index (χ1v) is 13.4. The number of anilines is 2. The molecule has 0 saturated carbocycles. The van der Waals surface area contributed by atoms with Crippen LogP contribution in [0.5, 0.6) is 0 Å². The van der Waals surface area contributed by atoms with Gasteiger partial charge in [0.25, 0.3) is 5.91 Å². The first kappa shape index (κ1) is 25.3. The van der Waals surface area contributed by atoms with Crippen LogP contribution in [-0.4, -0.2) is 65.4 Å². The largest absolute Gasteiger partial charge is 0.616 e. The molecule has 0 aliphatic carbocycles. The smallest absolute Gasteiger partial charge is 0.277 e. The second kappa shape index (κ2) is 12.8. The maximum Gasteiger partial charge on any atom is 0.277 e. The number of hydrogen-bond donors (Lipinski definition) is 1. The molecule has 1 saturated heterocycles. The fourth-order valence-corrected chi connectivity index (χ4v) is 5.03. The molecule has 7 heteroatoms. The first-order chi connectivity index (χ1) is 16.0. The predicted octanol–water partition coefficient (Wildman–Crippen LogP) is 3.96. The van der Waals surface area contributed by atoms with E-state index in [1.807, 2.05) is 13.0 Å². The van der Waals surface area contributed by atoms with Crippen LogP contribution in [0.15, 0.2) is 54.6 Å². The van der Waals surface area contributed by atoms with Gasteiger partial charge in [0.1, 0.15) is 0 Å². The highest BCUT2D eigenvalue weighted by Crippen LogP contribution is 2.18. The van der Waals surface area contributed by atoms with E-state index in [-0.39, 0.29) is 11.7 Å². The Morgan fingerprint density at radius 2 is 1.76 bits per heavy atom. The molecule has 2 atom stereocenters. The second-order valence-electron chi connectivity index (χ2n) is 8.51. The molecule has 0 bridgehead atoms. The van der Waals surface area contributed by atoms with Crippen molar-refractivity contribution in [3.8, 4) is 0 Å². The molecule has 2 aromatic carbocycles. The predicted molar refractivity (Wildman–Crippen MR) is 136 cm³/mol. The summed E-state index contributed by atoms with van der Waals surface area (Å²) in [5.41, 5.74) is 2.47. The summed E-state index contributed by atoms with van der Waals surface area (Å²) in [6.07, 6.45) is 4.39. The molecule has 0 radical (unpaired) electrons. The fourth-order valence-electron chi connectivity index (χ4n) is 4.20. The van der Waals surface area contributed by atoms with E-state index >= 15 is 0 Å². The number of rotatable bonds is 11. The first-order valence-electron chi connectivity index (χ1n) is 11.8. The van der Waals surface area contributed by atoms with Crippen molar-refractivity contribution in [2.75, 3.05) is 49.2 Å². The molecule has 1 N–H and O–H groups in total. The lowest BCUT2D eigenvalue weighted by atomic mass is 10.0. The molecule has 178 valence electrons. The van der Waals surface area contributed by atoms with E-state index in [4.69, 9.17) is 0 Å². The minimum absolute atomic E-state index is 0.0890. The van der Waals surface area contributed by atoms with Crippen molar-refractivity contribution in [2.24, 2.45) is 0 Å². The van der Waals surface area contributed by atoms with Crippen LogP contribution in [-0.2, 0) is 16.0 Å². The number of carbonyl (C=O) groups excluding carboxylic acids is 2. The maximum absolute atomic E-state index is 12.7. The number of hydrogen-bond acceptors (Lipinski definition) is 5. The molecule has 0 spiro atoms. The summed E-state index contributed by atoms with van der Waals surface area (Å²) < 4.78 is 11.7. The summed E-state index contributed by atoms with van der Waals surface area (Å²) in [7, 11) is 0. The number of para-hydroxylation sites is 1. The zero-order chi connectivity index (χ0) is 23.6. The number of piperazine rings is 1. The molecular weight excluding hydrogens is 434 g/mol. The Hall–Kier alpha value is -2.35. The van der Waals surface area contributed by atoms with Gasteiger partial charge in [0.15, 0.2) is 11.0 Å².